The maximum Gasteiger partial charge on any atom is 0.408 e. The van der Waals surface area contributed by atoms with Gasteiger partial charge < -0.3 is 23.5 Å². The molecule has 3 rings (SSSR count). The Labute approximate surface area is 258 Å². The lowest BCUT2D eigenvalue weighted by Gasteiger charge is -2.22. The largest absolute Gasteiger partial charge is 0.445 e. The van der Waals surface area contributed by atoms with E-state index in [0.29, 0.717) is 5.75 Å². The predicted molar refractivity (Wildman–Crippen MR) is 165 cm³/mol. The number of nitriles is 1. The lowest BCUT2D eigenvalue weighted by Crippen LogP contribution is -2.45. The number of anilines is 1. The summed E-state index contributed by atoms with van der Waals surface area (Å²) >= 11 is 7.03. The van der Waals surface area contributed by atoms with Gasteiger partial charge in [0.25, 0.3) is 0 Å². The molecule has 0 aliphatic heterocycles. The Morgan fingerprint density at radius 3 is 2.35 bits per heavy atom. The molecule has 3 aromatic rings. The van der Waals surface area contributed by atoms with E-state index in [4.69, 9.17) is 30.4 Å². The van der Waals surface area contributed by atoms with Crippen LogP contribution in [0, 0.1) is 21.7 Å². The highest BCUT2D eigenvalue weighted by Gasteiger charge is 2.37. The van der Waals surface area contributed by atoms with Crippen LogP contribution in [0.4, 0.5) is 15.1 Å². The van der Waals surface area contributed by atoms with Crippen LogP contribution in [0.1, 0.15) is 31.4 Å². The summed E-state index contributed by atoms with van der Waals surface area (Å²) in [5, 5.41) is 14.8. The first-order chi connectivity index (χ1) is 20.7. The minimum atomic E-state index is -4.23. The summed E-state index contributed by atoms with van der Waals surface area (Å²) in [6.07, 6.45) is 1.22. The quantitative estimate of drug-likeness (QED) is 0.146. The zero-order valence-electron chi connectivity index (χ0n) is 23.8. The normalized spacial score (nSPS) is 11.8. The first-order valence-corrected chi connectivity index (χ1v) is 16.6. The Hall–Kier alpha value is -3.53. The first kappa shape index (κ1) is 34.0. The number of amides is 2. The Balaban J connectivity index is 2.05. The van der Waals surface area contributed by atoms with Crippen LogP contribution in [0.15, 0.2) is 59.0 Å². The van der Waals surface area contributed by atoms with Crippen molar-refractivity contribution in [2.45, 2.75) is 32.9 Å². The van der Waals surface area contributed by atoms with Crippen LogP contribution >= 0.6 is 31.6 Å². The zero-order valence-corrected chi connectivity index (χ0v) is 26.3. The maximum absolute atomic E-state index is 14.0. The molecule has 0 radical (unpaired) electrons. The molecule has 0 fully saturated rings. The van der Waals surface area contributed by atoms with E-state index in [1.54, 1.807) is 38.1 Å². The number of halogens is 1. The van der Waals surface area contributed by atoms with Gasteiger partial charge in [-0.1, -0.05) is 42.5 Å². The van der Waals surface area contributed by atoms with Crippen molar-refractivity contribution in [1.29, 1.82) is 5.26 Å². The van der Waals surface area contributed by atoms with Gasteiger partial charge >= 0.3 is 13.7 Å². The van der Waals surface area contributed by atoms with Crippen molar-refractivity contribution < 1.29 is 36.7 Å². The Morgan fingerprint density at radius 2 is 1.77 bits per heavy atom. The van der Waals surface area contributed by atoms with Gasteiger partial charge in [-0.25, -0.2) is 9.18 Å². The maximum atomic E-state index is 14.0. The Kier molecular flexibility index (Phi) is 12.9. The summed E-state index contributed by atoms with van der Waals surface area (Å²) in [7, 11) is -4.23. The number of carbonyl (C=O) groups excluding carboxylic acids is 2. The molecule has 0 unspecified atom stereocenters. The molecule has 0 saturated heterocycles. The van der Waals surface area contributed by atoms with Crippen LogP contribution in [0.5, 0.6) is 0 Å². The fourth-order valence-electron chi connectivity index (χ4n) is 3.88. The van der Waals surface area contributed by atoms with E-state index in [1.165, 1.54) is 23.9 Å². The van der Waals surface area contributed by atoms with E-state index in [1.807, 2.05) is 18.4 Å². The van der Waals surface area contributed by atoms with Crippen molar-refractivity contribution in [3.63, 3.8) is 0 Å². The molecule has 2 aromatic carbocycles. The van der Waals surface area contributed by atoms with Crippen LogP contribution < -0.4 is 15.9 Å². The average molecular weight is 648 g/mol. The number of thioether (sulfide) groups is 1. The lowest BCUT2D eigenvalue weighted by atomic mass is 10.1. The molecule has 2 amide bonds. The van der Waals surface area contributed by atoms with Gasteiger partial charge in [-0.3, -0.25) is 14.7 Å². The van der Waals surface area contributed by atoms with Gasteiger partial charge in [0.2, 0.25) is 11.8 Å². The van der Waals surface area contributed by atoms with Crippen molar-refractivity contribution >= 4 is 54.8 Å². The van der Waals surface area contributed by atoms with Gasteiger partial charge in [-0.15, -0.1) is 0 Å². The molecule has 0 aliphatic rings. The molecule has 1 aromatic heterocycles. The second kappa shape index (κ2) is 16.4. The highest BCUT2D eigenvalue weighted by Crippen LogP contribution is 2.50. The SMILES string of the molecule is CCOP(=O)(OCC)c1c(NC(=O)[C@@H](CCSC)NC(=O)OCc2ccccc2)oc(-c2ccc(F)cc2)c(C#N)c1=S. The van der Waals surface area contributed by atoms with Crippen LogP contribution in [0.2, 0.25) is 0 Å². The molecule has 0 saturated carbocycles. The summed E-state index contributed by atoms with van der Waals surface area (Å²) in [6, 6.07) is 14.9. The summed E-state index contributed by atoms with van der Waals surface area (Å²) < 4.78 is 49.6. The van der Waals surface area contributed by atoms with Crippen LogP contribution in [-0.4, -0.2) is 43.3 Å². The third-order valence-electron chi connectivity index (χ3n) is 5.85. The molecule has 2 N–H and O–H groups in total. The highest BCUT2D eigenvalue weighted by molar-refractivity contribution is 7.98. The van der Waals surface area contributed by atoms with Gasteiger partial charge in [0.05, 0.1) is 17.7 Å². The molecular formula is C29H31FN3O7PS2. The van der Waals surface area contributed by atoms with E-state index in [0.717, 1.165) is 17.7 Å². The van der Waals surface area contributed by atoms with E-state index in [-0.39, 0.29) is 52.9 Å². The molecule has 0 spiro atoms. The Bertz CT molecular complexity index is 1550. The second-order valence-electron chi connectivity index (χ2n) is 8.79. The molecule has 43 heavy (non-hydrogen) atoms. The van der Waals surface area contributed by atoms with Crippen molar-refractivity contribution in [3.8, 4) is 17.4 Å². The standard InChI is InChI=1S/C29H31FN3O7PS2/c1-4-38-41(36,39-5-2)25-26(42)22(17-31)24(20-11-13-21(30)14-12-20)40-28(25)33-27(34)23(15-16-43-3)32-29(35)37-18-19-9-7-6-8-10-19/h6-14,23H,4-5,15-16,18H2,1-3H3,(H,32,35)(H,33,34)/t23-/m1/s1. The molecule has 0 aliphatic carbocycles. The highest BCUT2D eigenvalue weighted by atomic mass is 32.2. The summed E-state index contributed by atoms with van der Waals surface area (Å²) in [5.41, 5.74) is 0.851. The molecule has 1 atom stereocenters. The van der Waals surface area contributed by atoms with Gasteiger partial charge in [0, 0.05) is 5.56 Å². The van der Waals surface area contributed by atoms with E-state index in [9.17, 15) is 23.8 Å². The molecule has 228 valence electrons. The monoisotopic (exact) mass is 647 g/mol. The summed E-state index contributed by atoms with van der Waals surface area (Å²) in [5.74, 6) is -1.25. The number of alkyl carbamates (subject to hydrolysis) is 1. The fraction of sp³-hybridized carbons (Fsp3) is 0.310. The zero-order chi connectivity index (χ0) is 31.4. The van der Waals surface area contributed by atoms with Crippen LogP contribution in [-0.2, 0) is 29.8 Å². The fourth-order valence-corrected chi connectivity index (χ4v) is 6.64. The lowest BCUT2D eigenvalue weighted by molar-refractivity contribution is -0.118. The number of hydrogen-bond donors (Lipinski definition) is 2. The molecular weight excluding hydrogens is 616 g/mol. The van der Waals surface area contributed by atoms with Crippen molar-refractivity contribution in [1.82, 2.24) is 5.32 Å². The Morgan fingerprint density at radius 1 is 1.12 bits per heavy atom. The van der Waals surface area contributed by atoms with Gasteiger partial charge in [-0.05, 0) is 62.1 Å². The van der Waals surface area contributed by atoms with Crippen molar-refractivity contribution in [3.05, 3.63) is 76.1 Å². The average Bonchev–Trinajstić information content (AvgIpc) is 2.99. The number of ether oxygens (including phenoxy) is 1. The minimum Gasteiger partial charge on any atom is -0.445 e. The summed E-state index contributed by atoms with van der Waals surface area (Å²) in [4.78, 5) is 26.2. The van der Waals surface area contributed by atoms with E-state index >= 15 is 0 Å². The summed E-state index contributed by atoms with van der Waals surface area (Å²) in [6.45, 7) is 3.07. The number of rotatable bonds is 14. The number of benzene rings is 2. The molecule has 10 nitrogen and oxygen atoms in total. The minimum absolute atomic E-state index is 0.00905. The van der Waals surface area contributed by atoms with Crippen LogP contribution in [0.3, 0.4) is 0 Å². The van der Waals surface area contributed by atoms with Crippen molar-refractivity contribution in [2.75, 3.05) is 30.5 Å². The van der Waals surface area contributed by atoms with Crippen molar-refractivity contribution in [2.24, 2.45) is 0 Å². The molecule has 14 heteroatoms. The number of nitrogens with zero attached hydrogens (tertiary/aromatic N) is 1. The number of hydrogen-bond acceptors (Lipinski definition) is 10. The number of nitrogens with one attached hydrogen (secondary N) is 2. The topological polar surface area (TPSA) is 140 Å². The molecule has 1 heterocycles. The third-order valence-corrected chi connectivity index (χ3v) is 9.22. The number of carbonyl (C=O) groups is 2. The molecule has 0 bridgehead atoms. The first-order valence-electron chi connectivity index (χ1n) is 13.2. The second-order valence-corrected chi connectivity index (χ2v) is 12.1. The predicted octanol–water partition coefficient (Wildman–Crippen LogP) is 6.56. The van der Waals surface area contributed by atoms with Gasteiger partial charge in [0.1, 0.15) is 35.4 Å². The van der Waals surface area contributed by atoms with E-state index in [2.05, 4.69) is 10.6 Å². The van der Waals surface area contributed by atoms with Crippen LogP contribution in [0.25, 0.3) is 11.3 Å². The van der Waals surface area contributed by atoms with E-state index < -0.39 is 37.3 Å². The van der Waals surface area contributed by atoms with Gasteiger partial charge in [0.15, 0.2) is 5.76 Å². The smallest absolute Gasteiger partial charge is 0.408 e. The van der Waals surface area contributed by atoms with Gasteiger partial charge in [-0.2, -0.15) is 17.0 Å². The third kappa shape index (κ3) is 8.98.